The summed E-state index contributed by atoms with van der Waals surface area (Å²) in [6.45, 7) is 5.77. The first-order valence-electron chi connectivity index (χ1n) is 9.27. The SMILES string of the molecule is Cc1sc2ncn(CC(=O)N3CCC4CCCCC4C3)c(=O)c2c1C. The Bertz CT molecular complexity index is 869. The number of aryl methyl sites for hydroxylation is 2. The minimum atomic E-state index is -0.0900. The van der Waals surface area contributed by atoms with E-state index in [1.807, 2.05) is 18.7 Å². The Balaban J connectivity index is 1.53. The third-order valence-corrected chi connectivity index (χ3v) is 7.22. The zero-order chi connectivity index (χ0) is 17.6. The second-order valence-electron chi connectivity index (χ2n) is 7.57. The number of thiophene rings is 1. The lowest BCUT2D eigenvalue weighted by Gasteiger charge is -2.41. The normalized spacial score (nSPS) is 23.7. The van der Waals surface area contributed by atoms with Gasteiger partial charge in [-0.1, -0.05) is 19.3 Å². The van der Waals surface area contributed by atoms with E-state index in [-0.39, 0.29) is 18.0 Å². The topological polar surface area (TPSA) is 55.2 Å². The highest BCUT2D eigenvalue weighted by molar-refractivity contribution is 7.18. The smallest absolute Gasteiger partial charge is 0.262 e. The molecule has 0 aromatic carbocycles. The molecule has 2 atom stereocenters. The first-order valence-corrected chi connectivity index (χ1v) is 10.1. The number of aromatic nitrogens is 2. The lowest BCUT2D eigenvalue weighted by molar-refractivity contribution is -0.135. The molecule has 2 aliphatic rings. The molecule has 0 spiro atoms. The van der Waals surface area contributed by atoms with Crippen LogP contribution in [0.2, 0.25) is 0 Å². The summed E-state index contributed by atoms with van der Waals surface area (Å²) >= 11 is 1.54. The van der Waals surface area contributed by atoms with Gasteiger partial charge < -0.3 is 4.90 Å². The lowest BCUT2D eigenvalue weighted by atomic mass is 9.75. The van der Waals surface area contributed by atoms with E-state index in [0.29, 0.717) is 11.3 Å². The standard InChI is InChI=1S/C19H25N3O2S/c1-12-13(2)25-18-17(12)19(24)22(11-20-18)10-16(23)21-8-7-14-5-3-4-6-15(14)9-21/h11,14-15H,3-10H2,1-2H3. The van der Waals surface area contributed by atoms with Crippen LogP contribution in [0.4, 0.5) is 0 Å². The van der Waals surface area contributed by atoms with Gasteiger partial charge >= 0.3 is 0 Å². The predicted octanol–water partition coefficient (Wildman–Crippen LogP) is 3.11. The van der Waals surface area contributed by atoms with Crippen LogP contribution in [0.15, 0.2) is 11.1 Å². The monoisotopic (exact) mass is 359 g/mol. The van der Waals surface area contributed by atoms with Crippen LogP contribution in [0.25, 0.3) is 10.2 Å². The molecule has 2 aromatic rings. The first-order chi connectivity index (χ1) is 12.0. The van der Waals surface area contributed by atoms with Crippen molar-refractivity contribution in [1.29, 1.82) is 0 Å². The van der Waals surface area contributed by atoms with E-state index in [1.165, 1.54) is 36.6 Å². The molecular formula is C19H25N3O2S. The number of hydrogen-bond donors (Lipinski definition) is 0. The van der Waals surface area contributed by atoms with Crippen LogP contribution in [0.5, 0.6) is 0 Å². The molecule has 2 aromatic heterocycles. The van der Waals surface area contributed by atoms with Crippen molar-refractivity contribution in [2.75, 3.05) is 13.1 Å². The number of carbonyl (C=O) groups excluding carboxylic acids is 1. The van der Waals surface area contributed by atoms with Crippen LogP contribution in [0.3, 0.4) is 0 Å². The molecule has 6 heteroatoms. The van der Waals surface area contributed by atoms with E-state index in [9.17, 15) is 9.59 Å². The molecule has 5 nitrogen and oxygen atoms in total. The maximum absolute atomic E-state index is 12.8. The molecule has 25 heavy (non-hydrogen) atoms. The first kappa shape index (κ1) is 16.8. The Labute approximate surface area is 151 Å². The summed E-state index contributed by atoms with van der Waals surface area (Å²) in [5.41, 5.74) is 0.898. The zero-order valence-electron chi connectivity index (χ0n) is 15.0. The van der Waals surface area contributed by atoms with E-state index >= 15 is 0 Å². The van der Waals surface area contributed by atoms with Crippen LogP contribution in [0, 0.1) is 25.7 Å². The number of carbonyl (C=O) groups is 1. The summed E-state index contributed by atoms with van der Waals surface area (Å²) in [6.07, 6.45) is 7.85. The fourth-order valence-electron chi connectivity index (χ4n) is 4.46. The van der Waals surface area contributed by atoms with Crippen LogP contribution < -0.4 is 5.56 Å². The van der Waals surface area contributed by atoms with Gasteiger partial charge in [0.15, 0.2) is 0 Å². The summed E-state index contributed by atoms with van der Waals surface area (Å²) in [6, 6.07) is 0. The highest BCUT2D eigenvalue weighted by atomic mass is 32.1. The van der Waals surface area contributed by atoms with Gasteiger partial charge in [-0.05, 0) is 44.1 Å². The molecule has 1 aliphatic carbocycles. The Hall–Kier alpha value is -1.69. The molecular weight excluding hydrogens is 334 g/mol. The molecule has 134 valence electrons. The molecule has 4 rings (SSSR count). The van der Waals surface area contributed by atoms with Crippen molar-refractivity contribution in [3.8, 4) is 0 Å². The number of rotatable bonds is 2. The number of likely N-dealkylation sites (tertiary alicyclic amines) is 1. The second kappa shape index (κ2) is 6.56. The Morgan fingerprint density at radius 2 is 2.00 bits per heavy atom. The Kier molecular flexibility index (Phi) is 4.40. The van der Waals surface area contributed by atoms with Crippen molar-refractivity contribution < 1.29 is 4.79 Å². The molecule has 1 amide bonds. The highest BCUT2D eigenvalue weighted by Crippen LogP contribution is 2.36. The van der Waals surface area contributed by atoms with E-state index < -0.39 is 0 Å². The number of fused-ring (bicyclic) bond motifs is 2. The number of piperidine rings is 1. The van der Waals surface area contributed by atoms with Gasteiger partial charge in [-0.3, -0.25) is 14.2 Å². The number of nitrogens with zero attached hydrogens (tertiary/aromatic N) is 3. The summed E-state index contributed by atoms with van der Waals surface area (Å²) in [5.74, 6) is 1.51. The van der Waals surface area contributed by atoms with Crippen molar-refractivity contribution in [2.24, 2.45) is 11.8 Å². The molecule has 2 unspecified atom stereocenters. The maximum Gasteiger partial charge on any atom is 0.262 e. The minimum absolute atomic E-state index is 0.0527. The van der Waals surface area contributed by atoms with Crippen molar-refractivity contribution in [1.82, 2.24) is 14.5 Å². The third-order valence-electron chi connectivity index (χ3n) is 6.11. The van der Waals surface area contributed by atoms with Gasteiger partial charge in [-0.25, -0.2) is 4.98 Å². The number of hydrogen-bond acceptors (Lipinski definition) is 4. The van der Waals surface area contributed by atoms with Gasteiger partial charge in [0.2, 0.25) is 5.91 Å². The van der Waals surface area contributed by atoms with Crippen LogP contribution in [-0.4, -0.2) is 33.4 Å². The maximum atomic E-state index is 12.8. The fourth-order valence-corrected chi connectivity index (χ4v) is 5.44. The van der Waals surface area contributed by atoms with Gasteiger partial charge in [-0.2, -0.15) is 0 Å². The van der Waals surface area contributed by atoms with Gasteiger partial charge in [0.25, 0.3) is 5.56 Å². The molecule has 0 bridgehead atoms. The van der Waals surface area contributed by atoms with Gasteiger partial charge in [0.1, 0.15) is 11.4 Å². The van der Waals surface area contributed by atoms with Crippen LogP contribution in [-0.2, 0) is 11.3 Å². The minimum Gasteiger partial charge on any atom is -0.341 e. The molecule has 1 saturated carbocycles. The largest absolute Gasteiger partial charge is 0.341 e. The molecule has 0 N–H and O–H groups in total. The molecule has 3 heterocycles. The van der Waals surface area contributed by atoms with Crippen molar-refractivity contribution >= 4 is 27.5 Å². The van der Waals surface area contributed by atoms with E-state index in [0.717, 1.165) is 40.7 Å². The molecule has 2 fully saturated rings. The zero-order valence-corrected chi connectivity index (χ0v) is 15.8. The van der Waals surface area contributed by atoms with Crippen LogP contribution >= 0.6 is 11.3 Å². The average molecular weight is 359 g/mol. The van der Waals surface area contributed by atoms with Gasteiger partial charge in [0.05, 0.1) is 11.7 Å². The summed E-state index contributed by atoms with van der Waals surface area (Å²) in [7, 11) is 0. The van der Waals surface area contributed by atoms with Gasteiger partial charge in [0, 0.05) is 18.0 Å². The highest BCUT2D eigenvalue weighted by Gasteiger charge is 2.33. The van der Waals surface area contributed by atoms with E-state index in [4.69, 9.17) is 0 Å². The van der Waals surface area contributed by atoms with Crippen molar-refractivity contribution in [3.05, 3.63) is 27.1 Å². The second-order valence-corrected chi connectivity index (χ2v) is 8.78. The predicted molar refractivity (Wildman–Crippen MR) is 100.0 cm³/mol. The summed E-state index contributed by atoms with van der Waals surface area (Å²) in [4.78, 5) is 33.8. The van der Waals surface area contributed by atoms with E-state index in [1.54, 1.807) is 11.3 Å². The quantitative estimate of drug-likeness (QED) is 0.828. The van der Waals surface area contributed by atoms with Crippen molar-refractivity contribution in [2.45, 2.75) is 52.5 Å². The summed E-state index contributed by atoms with van der Waals surface area (Å²) < 4.78 is 1.48. The third kappa shape index (κ3) is 3.01. The Morgan fingerprint density at radius 1 is 1.24 bits per heavy atom. The molecule has 1 aliphatic heterocycles. The molecule has 0 radical (unpaired) electrons. The lowest BCUT2D eigenvalue weighted by Crippen LogP contribution is -2.46. The summed E-state index contributed by atoms with van der Waals surface area (Å²) in [5, 5.41) is 0.670. The van der Waals surface area contributed by atoms with E-state index in [2.05, 4.69) is 4.98 Å². The Morgan fingerprint density at radius 3 is 2.80 bits per heavy atom. The molecule has 1 saturated heterocycles. The van der Waals surface area contributed by atoms with Crippen molar-refractivity contribution in [3.63, 3.8) is 0 Å². The fraction of sp³-hybridized carbons (Fsp3) is 0.632. The number of amides is 1. The average Bonchev–Trinajstić information content (AvgIpc) is 2.92. The van der Waals surface area contributed by atoms with Gasteiger partial charge in [-0.15, -0.1) is 11.3 Å². The van der Waals surface area contributed by atoms with Crippen LogP contribution in [0.1, 0.15) is 42.5 Å².